The molecule has 0 saturated heterocycles. The Hall–Kier alpha value is -1.00. The lowest BCUT2D eigenvalue weighted by molar-refractivity contribution is 0.149. The highest BCUT2D eigenvalue weighted by atomic mass is 16.5. The maximum Gasteiger partial charge on any atom is 0.131 e. The van der Waals surface area contributed by atoms with Gasteiger partial charge in [0, 0.05) is 30.0 Å². The predicted molar refractivity (Wildman–Crippen MR) is 87.8 cm³/mol. The fourth-order valence-electron chi connectivity index (χ4n) is 2.32. The van der Waals surface area contributed by atoms with E-state index in [9.17, 15) is 0 Å². The molecule has 0 amide bonds. The van der Waals surface area contributed by atoms with E-state index >= 15 is 0 Å². The van der Waals surface area contributed by atoms with Crippen molar-refractivity contribution in [1.29, 1.82) is 0 Å². The van der Waals surface area contributed by atoms with E-state index < -0.39 is 0 Å². The van der Waals surface area contributed by atoms with Gasteiger partial charge in [-0.15, -0.1) is 0 Å². The van der Waals surface area contributed by atoms with E-state index in [0.717, 1.165) is 49.6 Å². The van der Waals surface area contributed by atoms with Crippen molar-refractivity contribution < 1.29 is 4.74 Å². The first-order valence-corrected chi connectivity index (χ1v) is 7.99. The normalized spacial score (nSPS) is 11.9. The molecular formula is C17H31N3O. The molecule has 120 valence electrons. The molecule has 0 bridgehead atoms. The Morgan fingerprint density at radius 1 is 1.05 bits per heavy atom. The fourth-order valence-corrected chi connectivity index (χ4v) is 2.32. The molecule has 0 aliphatic carbocycles. The molecule has 0 spiro atoms. The fraction of sp³-hybridized carbons (Fsp3) is 0.765. The molecule has 1 aromatic heterocycles. The Balaban J connectivity index is 2.55. The van der Waals surface area contributed by atoms with Crippen molar-refractivity contribution in [2.75, 3.05) is 19.8 Å². The zero-order valence-corrected chi connectivity index (χ0v) is 14.5. The van der Waals surface area contributed by atoms with Gasteiger partial charge in [0.05, 0.1) is 6.61 Å². The summed E-state index contributed by atoms with van der Waals surface area (Å²) in [4.78, 5) is 9.24. The molecular weight excluding hydrogens is 262 g/mol. The topological polar surface area (TPSA) is 47.0 Å². The Bertz CT molecular complexity index is 415. The van der Waals surface area contributed by atoms with Gasteiger partial charge in [0.1, 0.15) is 5.82 Å². The van der Waals surface area contributed by atoms with Gasteiger partial charge in [0.25, 0.3) is 0 Å². The van der Waals surface area contributed by atoms with Gasteiger partial charge in [-0.2, -0.15) is 0 Å². The van der Waals surface area contributed by atoms with Gasteiger partial charge in [0.2, 0.25) is 0 Å². The molecule has 0 aliphatic heterocycles. The van der Waals surface area contributed by atoms with Crippen molar-refractivity contribution >= 4 is 0 Å². The molecule has 1 N–H and O–H groups in total. The molecule has 0 unspecified atom stereocenters. The maximum absolute atomic E-state index is 5.37. The molecule has 0 atom stereocenters. The van der Waals surface area contributed by atoms with Gasteiger partial charge < -0.3 is 10.1 Å². The third-order valence-corrected chi connectivity index (χ3v) is 3.40. The van der Waals surface area contributed by atoms with Gasteiger partial charge in [-0.25, -0.2) is 9.97 Å². The van der Waals surface area contributed by atoms with E-state index in [1.54, 1.807) is 0 Å². The van der Waals surface area contributed by atoms with Crippen molar-refractivity contribution in [3.63, 3.8) is 0 Å². The summed E-state index contributed by atoms with van der Waals surface area (Å²) in [6.07, 6.45) is 2.94. The molecule has 0 fully saturated rings. The smallest absolute Gasteiger partial charge is 0.131 e. The molecule has 0 aromatic carbocycles. The second-order valence-electron chi connectivity index (χ2n) is 6.52. The summed E-state index contributed by atoms with van der Waals surface area (Å²) in [5.74, 6) is 0.898. The van der Waals surface area contributed by atoms with Crippen LogP contribution in [0, 0.1) is 13.8 Å². The molecule has 4 heteroatoms. The second-order valence-corrected chi connectivity index (χ2v) is 6.52. The maximum atomic E-state index is 5.37. The first-order valence-electron chi connectivity index (χ1n) is 7.99. The second kappa shape index (κ2) is 8.44. The van der Waals surface area contributed by atoms with E-state index in [0.29, 0.717) is 6.61 Å². The highest BCUT2D eigenvalue weighted by Crippen LogP contribution is 2.13. The van der Waals surface area contributed by atoms with E-state index in [2.05, 4.69) is 49.9 Å². The van der Waals surface area contributed by atoms with Crippen LogP contribution in [0.3, 0.4) is 0 Å². The van der Waals surface area contributed by atoms with Crippen LogP contribution in [-0.4, -0.2) is 35.3 Å². The summed E-state index contributed by atoms with van der Waals surface area (Å²) < 4.78 is 5.37. The summed E-state index contributed by atoms with van der Waals surface area (Å²) in [5, 5.41) is 3.52. The van der Waals surface area contributed by atoms with Crippen LogP contribution in [0.15, 0.2) is 0 Å². The van der Waals surface area contributed by atoms with E-state index in [1.165, 1.54) is 5.56 Å². The highest BCUT2D eigenvalue weighted by molar-refractivity contribution is 5.24. The van der Waals surface area contributed by atoms with Crippen molar-refractivity contribution in [2.24, 2.45) is 0 Å². The number of aromatic nitrogens is 2. The zero-order valence-electron chi connectivity index (χ0n) is 14.5. The molecule has 0 radical (unpaired) electrons. The average molecular weight is 293 g/mol. The number of hydrogen-bond acceptors (Lipinski definition) is 4. The number of hydrogen-bond donors (Lipinski definition) is 1. The summed E-state index contributed by atoms with van der Waals surface area (Å²) in [7, 11) is 0. The standard InChI is InChI=1S/C17H31N3O/c1-7-21-12-10-16-19-13(2)15(14(3)20-16)9-8-11-18-17(4,5)6/h18H,7-12H2,1-6H3. The minimum Gasteiger partial charge on any atom is -0.381 e. The van der Waals surface area contributed by atoms with Gasteiger partial charge in [-0.3, -0.25) is 0 Å². The third kappa shape index (κ3) is 7.00. The summed E-state index contributed by atoms with van der Waals surface area (Å²) in [6, 6.07) is 0. The van der Waals surface area contributed by atoms with Crippen LogP contribution < -0.4 is 5.32 Å². The molecule has 1 heterocycles. The minimum atomic E-state index is 0.184. The monoisotopic (exact) mass is 293 g/mol. The largest absolute Gasteiger partial charge is 0.381 e. The predicted octanol–water partition coefficient (Wildman–Crippen LogP) is 2.99. The van der Waals surface area contributed by atoms with Gasteiger partial charge in [-0.1, -0.05) is 0 Å². The summed E-state index contributed by atoms with van der Waals surface area (Å²) in [6.45, 7) is 15.2. The first-order chi connectivity index (χ1) is 9.83. The number of ether oxygens (including phenoxy) is 1. The first kappa shape index (κ1) is 18.1. The number of aryl methyl sites for hydroxylation is 2. The van der Waals surface area contributed by atoms with Crippen molar-refractivity contribution in [1.82, 2.24) is 15.3 Å². The molecule has 21 heavy (non-hydrogen) atoms. The van der Waals surface area contributed by atoms with Crippen molar-refractivity contribution in [2.45, 2.75) is 66.3 Å². The summed E-state index contributed by atoms with van der Waals surface area (Å²) >= 11 is 0. The lowest BCUT2D eigenvalue weighted by Gasteiger charge is -2.20. The van der Waals surface area contributed by atoms with Crippen LogP contribution in [0.25, 0.3) is 0 Å². The van der Waals surface area contributed by atoms with Crippen molar-refractivity contribution in [3.05, 3.63) is 22.8 Å². The van der Waals surface area contributed by atoms with Crippen LogP contribution in [0.5, 0.6) is 0 Å². The van der Waals surface area contributed by atoms with E-state index in [1.807, 2.05) is 6.92 Å². The Morgan fingerprint density at radius 2 is 1.67 bits per heavy atom. The molecule has 1 aromatic rings. The minimum absolute atomic E-state index is 0.184. The van der Waals surface area contributed by atoms with Crippen LogP contribution in [-0.2, 0) is 17.6 Å². The Labute approximate surface area is 129 Å². The zero-order chi connectivity index (χ0) is 15.9. The van der Waals surface area contributed by atoms with Gasteiger partial charge >= 0.3 is 0 Å². The molecule has 0 aliphatic rings. The quantitative estimate of drug-likeness (QED) is 0.749. The van der Waals surface area contributed by atoms with Crippen LogP contribution in [0.4, 0.5) is 0 Å². The van der Waals surface area contributed by atoms with Crippen LogP contribution in [0.2, 0.25) is 0 Å². The third-order valence-electron chi connectivity index (χ3n) is 3.40. The van der Waals surface area contributed by atoms with Gasteiger partial charge in [0.15, 0.2) is 0 Å². The molecule has 4 nitrogen and oxygen atoms in total. The Morgan fingerprint density at radius 3 is 2.19 bits per heavy atom. The van der Waals surface area contributed by atoms with E-state index in [-0.39, 0.29) is 5.54 Å². The number of rotatable bonds is 8. The summed E-state index contributed by atoms with van der Waals surface area (Å²) in [5.41, 5.74) is 3.71. The van der Waals surface area contributed by atoms with Crippen molar-refractivity contribution in [3.8, 4) is 0 Å². The van der Waals surface area contributed by atoms with E-state index in [4.69, 9.17) is 4.74 Å². The Kier molecular flexibility index (Phi) is 7.26. The number of nitrogens with zero attached hydrogens (tertiary/aromatic N) is 2. The number of nitrogens with one attached hydrogen (secondary N) is 1. The lowest BCUT2D eigenvalue weighted by atomic mass is 10.0. The molecule has 0 saturated carbocycles. The SMILES string of the molecule is CCOCCc1nc(C)c(CCCNC(C)(C)C)c(C)n1. The van der Waals surface area contributed by atoms with Crippen LogP contribution in [0.1, 0.15) is 56.9 Å². The van der Waals surface area contributed by atoms with Crippen LogP contribution >= 0.6 is 0 Å². The van der Waals surface area contributed by atoms with Gasteiger partial charge in [-0.05, 0) is 66.5 Å². The lowest BCUT2D eigenvalue weighted by Crippen LogP contribution is -2.36. The average Bonchev–Trinajstić information content (AvgIpc) is 2.36. The highest BCUT2D eigenvalue weighted by Gasteiger charge is 2.10. The molecule has 1 rings (SSSR count).